The smallest absolute Gasteiger partial charge is 0.246 e. The van der Waals surface area contributed by atoms with Gasteiger partial charge >= 0.3 is 0 Å². The van der Waals surface area contributed by atoms with E-state index in [0.717, 1.165) is 57.2 Å². The molecule has 2 saturated heterocycles. The summed E-state index contributed by atoms with van der Waals surface area (Å²) in [5, 5.41) is 10.9. The van der Waals surface area contributed by atoms with Crippen molar-refractivity contribution < 1.29 is 23.4 Å². The fourth-order valence-corrected chi connectivity index (χ4v) is 5.92. The third kappa shape index (κ3) is 5.32. The number of rotatable bonds is 5. The molecule has 3 aliphatic heterocycles. The van der Waals surface area contributed by atoms with Crippen molar-refractivity contribution in [3.63, 3.8) is 0 Å². The molecular formula is C29H34F2N2O3. The number of ether oxygens (including phenoxy) is 1. The summed E-state index contributed by atoms with van der Waals surface area (Å²) < 4.78 is 32.7. The molecule has 0 bridgehead atoms. The molecule has 0 saturated carbocycles. The molecule has 36 heavy (non-hydrogen) atoms. The highest BCUT2D eigenvalue weighted by molar-refractivity contribution is 5.91. The number of piperidine rings is 2. The average Bonchev–Trinajstić information content (AvgIpc) is 3.20. The molecule has 2 aromatic rings. The van der Waals surface area contributed by atoms with E-state index in [9.17, 15) is 18.7 Å². The van der Waals surface area contributed by atoms with Gasteiger partial charge in [-0.1, -0.05) is 12.1 Å². The number of amides is 1. The molecule has 0 unspecified atom stereocenters. The van der Waals surface area contributed by atoms with Crippen LogP contribution in [0.5, 0.6) is 5.75 Å². The quantitative estimate of drug-likeness (QED) is 0.627. The zero-order chi connectivity index (χ0) is 25.3. The molecule has 1 amide bonds. The van der Waals surface area contributed by atoms with E-state index >= 15 is 0 Å². The van der Waals surface area contributed by atoms with Crippen LogP contribution in [-0.2, 0) is 10.2 Å². The molecule has 1 atom stereocenters. The average molecular weight is 497 g/mol. The predicted octanol–water partition coefficient (Wildman–Crippen LogP) is 4.31. The zero-order valence-corrected chi connectivity index (χ0v) is 20.8. The van der Waals surface area contributed by atoms with Gasteiger partial charge in [0.2, 0.25) is 5.91 Å². The number of hydrogen-bond donors (Lipinski definition) is 1. The minimum Gasteiger partial charge on any atom is -0.492 e. The number of fused-ring (bicyclic) bond motifs is 2. The third-order valence-corrected chi connectivity index (χ3v) is 8.17. The molecule has 2 aromatic carbocycles. The summed E-state index contributed by atoms with van der Waals surface area (Å²) in [6, 6.07) is 9.71. The van der Waals surface area contributed by atoms with Crippen molar-refractivity contribution in [2.24, 2.45) is 5.92 Å². The van der Waals surface area contributed by atoms with Crippen molar-refractivity contribution in [1.29, 1.82) is 0 Å². The molecule has 0 aromatic heterocycles. The first-order valence-electron chi connectivity index (χ1n) is 12.9. The van der Waals surface area contributed by atoms with Gasteiger partial charge in [-0.15, -0.1) is 0 Å². The second kappa shape index (κ2) is 10.3. The molecule has 1 N–H and O–H groups in total. The SMILES string of the molecule is Cc1ccc2c(c1)OCC21CCN(C[C@@H](O)C2CCN(C(=O)/C=C/c3cc(F)cc(F)c3)CC2)CC1. The van der Waals surface area contributed by atoms with Crippen LogP contribution in [0.2, 0.25) is 0 Å². The number of aliphatic hydroxyl groups is 1. The second-order valence-corrected chi connectivity index (χ2v) is 10.6. The number of likely N-dealkylation sites (tertiary alicyclic amines) is 2. The fraction of sp³-hybridized carbons (Fsp3) is 0.483. The van der Waals surface area contributed by atoms with Crippen LogP contribution in [-0.4, -0.2) is 66.2 Å². The van der Waals surface area contributed by atoms with Gasteiger partial charge in [-0.2, -0.15) is 0 Å². The first kappa shape index (κ1) is 24.9. The van der Waals surface area contributed by atoms with Crippen molar-refractivity contribution in [1.82, 2.24) is 9.80 Å². The van der Waals surface area contributed by atoms with Crippen LogP contribution < -0.4 is 4.74 Å². The van der Waals surface area contributed by atoms with Crippen molar-refractivity contribution >= 4 is 12.0 Å². The summed E-state index contributed by atoms with van der Waals surface area (Å²) >= 11 is 0. The Morgan fingerprint density at radius 3 is 2.50 bits per heavy atom. The minimum atomic E-state index is -0.669. The standard InChI is InChI=1S/C29H34F2N2O3/c1-20-2-4-25-27(14-20)36-19-29(25)8-12-32(13-9-29)18-26(34)22-6-10-33(11-7-22)28(35)5-3-21-15-23(30)17-24(31)16-21/h2-5,14-17,22,26,34H,6-13,18-19H2,1H3/b5-3+/t26-/m1/s1. The summed E-state index contributed by atoms with van der Waals surface area (Å²) in [4.78, 5) is 16.6. The summed E-state index contributed by atoms with van der Waals surface area (Å²) in [5.74, 6) is -0.329. The summed E-state index contributed by atoms with van der Waals surface area (Å²) in [6.07, 6.45) is 5.93. The van der Waals surface area contributed by atoms with Gasteiger partial charge in [0.05, 0.1) is 12.7 Å². The third-order valence-electron chi connectivity index (χ3n) is 8.17. The lowest BCUT2D eigenvalue weighted by Crippen LogP contribution is -2.48. The van der Waals surface area contributed by atoms with Crippen LogP contribution in [0.4, 0.5) is 8.78 Å². The van der Waals surface area contributed by atoms with E-state index in [0.29, 0.717) is 25.2 Å². The Labute approximate surface area is 211 Å². The molecule has 3 aliphatic rings. The molecule has 5 rings (SSSR count). The van der Waals surface area contributed by atoms with E-state index in [4.69, 9.17) is 4.74 Å². The van der Waals surface area contributed by atoms with Crippen LogP contribution in [0.25, 0.3) is 6.08 Å². The highest BCUT2D eigenvalue weighted by Crippen LogP contribution is 2.45. The van der Waals surface area contributed by atoms with Gasteiger partial charge in [-0.3, -0.25) is 4.79 Å². The number of carbonyl (C=O) groups excluding carboxylic acids is 1. The largest absolute Gasteiger partial charge is 0.492 e. The number of carbonyl (C=O) groups is 1. The van der Waals surface area contributed by atoms with Crippen molar-refractivity contribution in [3.8, 4) is 5.75 Å². The van der Waals surface area contributed by atoms with Crippen LogP contribution in [0, 0.1) is 24.5 Å². The summed E-state index contributed by atoms with van der Waals surface area (Å²) in [6.45, 7) is 6.51. The summed E-state index contributed by atoms with van der Waals surface area (Å²) in [7, 11) is 0. The summed E-state index contributed by atoms with van der Waals surface area (Å²) in [5.41, 5.74) is 2.97. The molecule has 1 spiro atoms. The van der Waals surface area contributed by atoms with E-state index in [1.165, 1.54) is 35.4 Å². The van der Waals surface area contributed by atoms with Gasteiger partial charge in [0, 0.05) is 42.8 Å². The lowest BCUT2D eigenvalue weighted by atomic mass is 9.74. The van der Waals surface area contributed by atoms with Crippen LogP contribution >= 0.6 is 0 Å². The van der Waals surface area contributed by atoms with Gasteiger partial charge in [0.25, 0.3) is 0 Å². The molecule has 192 valence electrons. The molecular weight excluding hydrogens is 462 g/mol. The topological polar surface area (TPSA) is 53.0 Å². The highest BCUT2D eigenvalue weighted by Gasteiger charge is 2.43. The number of β-amino-alcohol motifs (C(OH)–C–C–N with tert-alkyl or cyclic N) is 1. The van der Waals surface area contributed by atoms with Crippen LogP contribution in [0.3, 0.4) is 0 Å². The van der Waals surface area contributed by atoms with Crippen molar-refractivity contribution in [2.75, 3.05) is 39.3 Å². The maximum absolute atomic E-state index is 13.3. The van der Waals surface area contributed by atoms with Crippen LogP contribution in [0.15, 0.2) is 42.5 Å². The van der Waals surface area contributed by atoms with E-state index in [1.807, 2.05) is 0 Å². The molecule has 7 heteroatoms. The fourth-order valence-electron chi connectivity index (χ4n) is 5.92. The second-order valence-electron chi connectivity index (χ2n) is 10.6. The Bertz CT molecular complexity index is 1120. The zero-order valence-electron chi connectivity index (χ0n) is 20.8. The maximum atomic E-state index is 13.3. The molecule has 2 fully saturated rings. The van der Waals surface area contributed by atoms with E-state index in [2.05, 4.69) is 30.0 Å². The van der Waals surface area contributed by atoms with E-state index < -0.39 is 17.7 Å². The monoisotopic (exact) mass is 496 g/mol. The number of nitrogens with zero attached hydrogens (tertiary/aromatic N) is 2. The number of halogens is 2. The molecule has 0 aliphatic carbocycles. The van der Waals surface area contributed by atoms with Gasteiger partial charge < -0.3 is 19.6 Å². The number of benzene rings is 2. The maximum Gasteiger partial charge on any atom is 0.246 e. The Morgan fingerprint density at radius 1 is 1.11 bits per heavy atom. The van der Waals surface area contributed by atoms with Gasteiger partial charge in [-0.05, 0) is 87.0 Å². The van der Waals surface area contributed by atoms with Crippen molar-refractivity contribution in [3.05, 3.63) is 70.8 Å². The predicted molar refractivity (Wildman–Crippen MR) is 135 cm³/mol. The van der Waals surface area contributed by atoms with Gasteiger partial charge in [0.15, 0.2) is 0 Å². The molecule has 3 heterocycles. The van der Waals surface area contributed by atoms with E-state index in [1.54, 1.807) is 4.90 Å². The number of aryl methyl sites for hydroxylation is 1. The first-order valence-corrected chi connectivity index (χ1v) is 12.9. The Morgan fingerprint density at radius 2 is 1.81 bits per heavy atom. The lowest BCUT2D eigenvalue weighted by Gasteiger charge is -2.41. The van der Waals surface area contributed by atoms with Gasteiger partial charge in [-0.25, -0.2) is 8.78 Å². The lowest BCUT2D eigenvalue weighted by molar-refractivity contribution is -0.128. The first-order chi connectivity index (χ1) is 17.3. The van der Waals surface area contributed by atoms with Gasteiger partial charge in [0.1, 0.15) is 17.4 Å². The normalized spacial score (nSPS) is 21.1. The highest BCUT2D eigenvalue weighted by atomic mass is 19.1. The Balaban J connectivity index is 1.08. The van der Waals surface area contributed by atoms with Crippen LogP contribution in [0.1, 0.15) is 42.4 Å². The Kier molecular flexibility index (Phi) is 7.13. The molecule has 0 radical (unpaired) electrons. The minimum absolute atomic E-state index is 0.0982. The number of aliphatic hydroxyl groups excluding tert-OH is 1. The Hall–Kier alpha value is -2.77. The van der Waals surface area contributed by atoms with E-state index in [-0.39, 0.29) is 17.2 Å². The number of hydrogen-bond acceptors (Lipinski definition) is 4. The molecule has 5 nitrogen and oxygen atoms in total. The van der Waals surface area contributed by atoms with Crippen molar-refractivity contribution in [2.45, 2.75) is 44.1 Å².